The van der Waals surface area contributed by atoms with E-state index in [1.165, 1.54) is 25.0 Å². The van der Waals surface area contributed by atoms with Crippen LogP contribution in [0.15, 0.2) is 29.3 Å². The van der Waals surface area contributed by atoms with E-state index in [2.05, 4.69) is 27.6 Å². The van der Waals surface area contributed by atoms with Gasteiger partial charge in [-0.05, 0) is 63.5 Å². The second kappa shape index (κ2) is 12.4. The summed E-state index contributed by atoms with van der Waals surface area (Å²) in [6.45, 7) is 5.09. The largest absolute Gasteiger partial charge is 0.484 e. The van der Waals surface area contributed by atoms with E-state index in [9.17, 15) is 13.2 Å². The Morgan fingerprint density at radius 2 is 1.82 bits per heavy atom. The Hall–Kier alpha value is -1.23. The van der Waals surface area contributed by atoms with Crippen molar-refractivity contribution in [1.29, 1.82) is 0 Å². The van der Waals surface area contributed by atoms with Crippen LogP contribution in [0, 0.1) is 5.92 Å². The molecule has 1 aromatic carbocycles. The zero-order valence-corrected chi connectivity index (χ0v) is 18.7. The predicted octanol–water partition coefficient (Wildman–Crippen LogP) is 3.64. The highest BCUT2D eigenvalue weighted by Gasteiger charge is 2.28. The molecule has 2 N–H and O–H groups in total. The maximum Gasteiger partial charge on any atom is 0.422 e. The van der Waals surface area contributed by atoms with Gasteiger partial charge in [0.1, 0.15) is 5.75 Å². The first-order chi connectivity index (χ1) is 12.9. The van der Waals surface area contributed by atoms with Gasteiger partial charge in [-0.15, -0.1) is 24.0 Å². The van der Waals surface area contributed by atoms with Gasteiger partial charge in [0.05, 0.1) is 6.54 Å². The molecule has 0 aromatic heterocycles. The number of rotatable bonds is 7. The zero-order valence-electron chi connectivity index (χ0n) is 16.4. The van der Waals surface area contributed by atoms with Gasteiger partial charge in [-0.25, -0.2) is 4.99 Å². The molecule has 0 radical (unpaired) electrons. The van der Waals surface area contributed by atoms with Gasteiger partial charge in [-0.2, -0.15) is 13.2 Å². The molecule has 9 heteroatoms. The summed E-state index contributed by atoms with van der Waals surface area (Å²) in [6.07, 6.45) is -1.96. The quantitative estimate of drug-likeness (QED) is 0.332. The lowest BCUT2D eigenvalue weighted by Crippen LogP contribution is -2.42. The van der Waals surface area contributed by atoms with E-state index in [-0.39, 0.29) is 29.7 Å². The molecule has 5 nitrogen and oxygen atoms in total. The van der Waals surface area contributed by atoms with Crippen LogP contribution in [0.3, 0.4) is 0 Å². The molecule has 1 fully saturated rings. The Labute approximate surface area is 182 Å². The van der Waals surface area contributed by atoms with E-state index in [0.29, 0.717) is 12.5 Å². The molecule has 1 aliphatic heterocycles. The first-order valence-corrected chi connectivity index (χ1v) is 9.35. The summed E-state index contributed by atoms with van der Waals surface area (Å²) in [5, 5.41) is 6.62. The summed E-state index contributed by atoms with van der Waals surface area (Å²) in [5.41, 5.74) is 0.908. The van der Waals surface area contributed by atoms with Crippen LogP contribution in [-0.2, 0) is 6.54 Å². The maximum absolute atomic E-state index is 12.2. The van der Waals surface area contributed by atoms with Crippen LogP contribution in [0.1, 0.15) is 25.3 Å². The Morgan fingerprint density at radius 1 is 1.18 bits per heavy atom. The standard InChI is InChI=1S/C19H29F3N4O.HI/c1-3-23-18(25-13-16-8-10-26(2)11-9-16)24-12-15-4-6-17(7-5-15)27-14-19(20,21)22;/h4-7,16H,3,8-14H2,1-2H3,(H2,23,24,25);1H. The minimum Gasteiger partial charge on any atom is -0.484 e. The molecule has 1 aromatic rings. The first-order valence-electron chi connectivity index (χ1n) is 9.35. The van der Waals surface area contributed by atoms with E-state index < -0.39 is 12.8 Å². The number of ether oxygens (including phenoxy) is 1. The van der Waals surface area contributed by atoms with Crippen LogP contribution in [0.25, 0.3) is 0 Å². The molecule has 2 rings (SSSR count). The third-order valence-corrected chi connectivity index (χ3v) is 4.49. The van der Waals surface area contributed by atoms with Gasteiger partial charge in [-0.3, -0.25) is 0 Å². The summed E-state index contributed by atoms with van der Waals surface area (Å²) >= 11 is 0. The van der Waals surface area contributed by atoms with E-state index in [1.54, 1.807) is 12.1 Å². The summed E-state index contributed by atoms with van der Waals surface area (Å²) in [5.74, 6) is 1.61. The van der Waals surface area contributed by atoms with E-state index >= 15 is 0 Å². The fourth-order valence-corrected chi connectivity index (χ4v) is 2.88. The molecule has 0 unspecified atom stereocenters. The molecule has 0 amide bonds. The number of aliphatic imine (C=N–C) groups is 1. The van der Waals surface area contributed by atoms with Crippen molar-refractivity contribution in [2.45, 2.75) is 32.5 Å². The van der Waals surface area contributed by atoms with E-state index in [0.717, 1.165) is 37.7 Å². The zero-order chi connectivity index (χ0) is 19.7. The number of guanidine groups is 1. The number of likely N-dealkylation sites (tertiary alicyclic amines) is 1. The molecule has 28 heavy (non-hydrogen) atoms. The Bertz CT molecular complexity index is 588. The summed E-state index contributed by atoms with van der Waals surface area (Å²) in [4.78, 5) is 6.91. The molecular formula is C19H30F3IN4O. The second-order valence-electron chi connectivity index (χ2n) is 6.87. The van der Waals surface area contributed by atoms with Gasteiger partial charge in [-0.1, -0.05) is 12.1 Å². The average molecular weight is 514 g/mol. The lowest BCUT2D eigenvalue weighted by atomic mass is 9.97. The van der Waals surface area contributed by atoms with Crippen molar-refractivity contribution in [3.63, 3.8) is 0 Å². The molecule has 160 valence electrons. The van der Waals surface area contributed by atoms with Crippen LogP contribution >= 0.6 is 24.0 Å². The van der Waals surface area contributed by atoms with Crippen LogP contribution in [0.4, 0.5) is 13.2 Å². The summed E-state index contributed by atoms with van der Waals surface area (Å²) in [7, 11) is 2.15. The van der Waals surface area contributed by atoms with Gasteiger partial charge in [0.2, 0.25) is 0 Å². The molecular weight excluding hydrogens is 484 g/mol. The van der Waals surface area contributed by atoms with Gasteiger partial charge in [0.25, 0.3) is 0 Å². The summed E-state index contributed by atoms with van der Waals surface area (Å²) < 4.78 is 41.2. The number of hydrogen-bond acceptors (Lipinski definition) is 3. The number of nitrogens with one attached hydrogen (secondary N) is 2. The molecule has 1 heterocycles. The van der Waals surface area contributed by atoms with Crippen LogP contribution < -0.4 is 15.4 Å². The van der Waals surface area contributed by atoms with Crippen molar-refractivity contribution >= 4 is 29.9 Å². The van der Waals surface area contributed by atoms with Crippen molar-refractivity contribution in [2.24, 2.45) is 10.9 Å². The van der Waals surface area contributed by atoms with Crippen LogP contribution in [0.5, 0.6) is 5.75 Å². The minimum absolute atomic E-state index is 0. The number of benzene rings is 1. The average Bonchev–Trinajstić information content (AvgIpc) is 2.64. The minimum atomic E-state index is -4.33. The highest BCUT2D eigenvalue weighted by atomic mass is 127. The lowest BCUT2D eigenvalue weighted by Gasteiger charge is -2.29. The highest BCUT2D eigenvalue weighted by Crippen LogP contribution is 2.19. The number of alkyl halides is 3. The van der Waals surface area contributed by atoms with Gasteiger partial charge in [0, 0.05) is 13.1 Å². The summed E-state index contributed by atoms with van der Waals surface area (Å²) in [6, 6.07) is 6.54. The molecule has 0 atom stereocenters. The van der Waals surface area contributed by atoms with Crippen molar-refractivity contribution in [1.82, 2.24) is 15.5 Å². The van der Waals surface area contributed by atoms with Crippen LogP contribution in [0.2, 0.25) is 0 Å². The monoisotopic (exact) mass is 514 g/mol. The number of hydrogen-bond donors (Lipinski definition) is 2. The van der Waals surface area contributed by atoms with Gasteiger partial charge >= 0.3 is 6.18 Å². The fraction of sp³-hybridized carbons (Fsp3) is 0.632. The third kappa shape index (κ3) is 9.81. The first kappa shape index (κ1) is 24.8. The molecule has 1 aliphatic rings. The molecule has 0 aliphatic carbocycles. The number of nitrogens with zero attached hydrogens (tertiary/aromatic N) is 2. The van der Waals surface area contributed by atoms with Gasteiger partial charge in [0.15, 0.2) is 12.6 Å². The third-order valence-electron chi connectivity index (χ3n) is 4.49. The number of halogens is 4. The van der Waals surface area contributed by atoms with Gasteiger partial charge < -0.3 is 20.3 Å². The Balaban J connectivity index is 0.00000392. The lowest BCUT2D eigenvalue weighted by molar-refractivity contribution is -0.153. The van der Waals surface area contributed by atoms with E-state index in [1.807, 2.05) is 6.92 Å². The predicted molar refractivity (Wildman–Crippen MR) is 116 cm³/mol. The van der Waals surface area contributed by atoms with Crippen molar-refractivity contribution in [2.75, 3.05) is 39.8 Å². The van der Waals surface area contributed by atoms with Crippen LogP contribution in [-0.4, -0.2) is 56.9 Å². The Morgan fingerprint density at radius 3 is 2.39 bits per heavy atom. The van der Waals surface area contributed by atoms with Crippen molar-refractivity contribution in [3.8, 4) is 5.75 Å². The fourth-order valence-electron chi connectivity index (χ4n) is 2.88. The maximum atomic E-state index is 12.2. The smallest absolute Gasteiger partial charge is 0.422 e. The SMILES string of the molecule is CCNC(=NCc1ccc(OCC(F)(F)F)cc1)NCC1CCN(C)CC1.I. The topological polar surface area (TPSA) is 48.9 Å². The Kier molecular flexibility index (Phi) is 10.9. The molecule has 1 saturated heterocycles. The molecule has 0 saturated carbocycles. The van der Waals surface area contributed by atoms with E-state index in [4.69, 9.17) is 4.74 Å². The molecule has 0 bridgehead atoms. The van der Waals surface area contributed by atoms with Crippen molar-refractivity contribution in [3.05, 3.63) is 29.8 Å². The normalized spacial score (nSPS) is 16.4. The van der Waals surface area contributed by atoms with Crippen molar-refractivity contribution < 1.29 is 17.9 Å². The highest BCUT2D eigenvalue weighted by molar-refractivity contribution is 14.0. The number of piperidine rings is 1. The second-order valence-corrected chi connectivity index (χ2v) is 6.87. The molecule has 0 spiro atoms.